The number of carboxylic acid groups (broad SMARTS) is 4. The monoisotopic (exact) mass is 1310 g/mol. The number of aromatic amines is 1. The fraction of sp³-hybridized carbons (Fsp3) is 0.348. The summed E-state index contributed by atoms with van der Waals surface area (Å²) in [5.74, 6) is -8.76. The van der Waals surface area contributed by atoms with Crippen LogP contribution >= 0.6 is 0 Å². The highest BCUT2D eigenvalue weighted by molar-refractivity contribution is 5.99. The van der Waals surface area contributed by atoms with Gasteiger partial charge < -0.3 is 94.6 Å². The molecule has 3 heterocycles. The second-order valence-electron chi connectivity index (χ2n) is 22.3. The molecule has 9 atom stereocenters. The highest BCUT2D eigenvalue weighted by atomic mass is 16.6. The number of H-pyrrole nitrogens is 1. The third-order valence-corrected chi connectivity index (χ3v) is 15.1. The van der Waals surface area contributed by atoms with Gasteiger partial charge in [-0.15, -0.1) is 0 Å². The van der Waals surface area contributed by atoms with Crippen molar-refractivity contribution in [3.8, 4) is 5.75 Å². The number of fused-ring (bicyclic) bond motifs is 2. The summed E-state index contributed by atoms with van der Waals surface area (Å²) in [5, 5.41) is 49.9. The quantitative estimate of drug-likeness (QED) is 0.0400. The van der Waals surface area contributed by atoms with Crippen molar-refractivity contribution < 1.29 is 82.6 Å². The Hall–Kier alpha value is -10.7. The highest BCUT2D eigenvalue weighted by Crippen LogP contribution is 2.26. The smallest absolute Gasteiger partial charge is 0.407 e. The standard InChI is InChI=1S/C58H66N10O9.2C4H7NO4/c59-27-13-12-22-46-52(69)64-47(30-38-23-25-42(26-24-38)76-36-39-16-6-2-7-17-39)53(70)66-49(31-37-14-4-1-5-15-37)57(74)68-35-43(77-58(75)61-29-28-60)33-50(68)55(72)67-51(40-18-8-3-9-19-40)56(73)65-48(54(71)63-46)32-41-34-62-45-21-11-10-20-44(41)45;2*5-2(4(8)9)1-3(6)7/h1-11,14-21,23-26,34,43,46-51,62H,12-13,22,27-33,35-36,59-60H2,(H,61,75)(H,63,71)(H,64,69)(H,65,73)(H,66,70)(H,67,72);2*2H,1,5H2,(H,6,7)(H,8,9)/t43-,46+,47+,48-,49+,50+,51+;2*2-/m100/s1. The third kappa shape index (κ3) is 23.4. The van der Waals surface area contributed by atoms with E-state index in [1.54, 1.807) is 85.1 Å². The lowest BCUT2D eigenvalue weighted by molar-refractivity contribution is -0.144. The molecule has 2 saturated heterocycles. The van der Waals surface area contributed by atoms with Crippen molar-refractivity contribution >= 4 is 76.3 Å². The number of nitrogens with zero attached hydrogens (tertiary/aromatic N) is 1. The first-order valence-corrected chi connectivity index (χ1v) is 30.5. The number of ether oxygens (including phenoxy) is 2. The van der Waals surface area contributed by atoms with Gasteiger partial charge in [0.05, 0.1) is 19.4 Å². The fourth-order valence-electron chi connectivity index (χ4n) is 10.2. The number of aromatic nitrogens is 1. The van der Waals surface area contributed by atoms with Crippen molar-refractivity contribution in [2.45, 2.75) is 119 Å². The molecule has 5 aromatic carbocycles. The van der Waals surface area contributed by atoms with Gasteiger partial charge in [0.25, 0.3) is 0 Å². The van der Waals surface area contributed by atoms with E-state index in [4.69, 9.17) is 52.8 Å². The fourth-order valence-corrected chi connectivity index (χ4v) is 10.2. The normalized spacial score (nSPS) is 19.9. The van der Waals surface area contributed by atoms with Crippen LogP contribution in [0.15, 0.2) is 146 Å². The number of nitrogens with one attached hydrogen (secondary N) is 7. The minimum atomic E-state index is -1.42. The van der Waals surface area contributed by atoms with Crippen LogP contribution in [0.25, 0.3) is 10.9 Å². The summed E-state index contributed by atoms with van der Waals surface area (Å²) in [7, 11) is 0. The van der Waals surface area contributed by atoms with Crippen LogP contribution in [-0.2, 0) is 78.6 Å². The number of unbranched alkanes of at least 4 members (excludes halogenated alkanes) is 1. The molecule has 19 N–H and O–H groups in total. The lowest BCUT2D eigenvalue weighted by Crippen LogP contribution is -2.61. The van der Waals surface area contributed by atoms with Gasteiger partial charge in [0, 0.05) is 55.9 Å². The van der Waals surface area contributed by atoms with Crippen molar-refractivity contribution in [3.63, 3.8) is 0 Å². The van der Waals surface area contributed by atoms with Gasteiger partial charge >= 0.3 is 30.0 Å². The molecule has 6 aromatic rings. The van der Waals surface area contributed by atoms with Crippen molar-refractivity contribution in [2.24, 2.45) is 22.9 Å². The van der Waals surface area contributed by atoms with Crippen molar-refractivity contribution in [1.82, 2.24) is 41.8 Å². The molecule has 0 bridgehead atoms. The second kappa shape index (κ2) is 37.1. The maximum Gasteiger partial charge on any atom is 0.407 e. The van der Waals surface area contributed by atoms with Crippen molar-refractivity contribution in [3.05, 3.63) is 174 Å². The summed E-state index contributed by atoms with van der Waals surface area (Å²) in [6, 6.07) is 31.0. The molecule has 506 valence electrons. The molecule has 8 rings (SSSR count). The first-order valence-electron chi connectivity index (χ1n) is 30.5. The number of alkyl carbamates (subject to hydrolysis) is 1. The molecular weight excluding hydrogens is 1230 g/mol. The number of carboxylic acids is 4. The molecule has 0 spiro atoms. The summed E-state index contributed by atoms with van der Waals surface area (Å²) in [6.07, 6.45) is -0.413. The summed E-state index contributed by atoms with van der Waals surface area (Å²) < 4.78 is 11.8. The third-order valence-electron chi connectivity index (χ3n) is 15.1. The number of nitrogens with two attached hydrogens (primary N) is 4. The van der Waals surface area contributed by atoms with Crippen LogP contribution < -0.4 is 59.6 Å². The van der Waals surface area contributed by atoms with Gasteiger partial charge in [0.1, 0.15) is 66.8 Å². The number of carbonyl (C=O) groups is 11. The first-order chi connectivity index (χ1) is 45.5. The van der Waals surface area contributed by atoms with Crippen LogP contribution in [-0.4, -0.2) is 170 Å². The lowest BCUT2D eigenvalue weighted by atomic mass is 9.99. The molecule has 0 aliphatic carbocycles. The Morgan fingerprint density at radius 3 is 1.65 bits per heavy atom. The van der Waals surface area contributed by atoms with Crippen LogP contribution in [0, 0.1) is 0 Å². The van der Waals surface area contributed by atoms with E-state index < -0.39 is 133 Å². The number of aliphatic carboxylic acids is 4. The summed E-state index contributed by atoms with van der Waals surface area (Å²) >= 11 is 0. The summed E-state index contributed by atoms with van der Waals surface area (Å²) in [5.41, 5.74) is 25.3. The maximum atomic E-state index is 15.3. The van der Waals surface area contributed by atoms with Crippen molar-refractivity contribution in [1.29, 1.82) is 0 Å². The topological polar surface area (TPSA) is 482 Å². The van der Waals surface area contributed by atoms with Gasteiger partial charge in [-0.2, -0.15) is 0 Å². The lowest BCUT2D eigenvalue weighted by Gasteiger charge is -2.32. The van der Waals surface area contributed by atoms with Gasteiger partial charge in [-0.1, -0.05) is 121 Å². The Morgan fingerprint density at radius 2 is 1.07 bits per heavy atom. The largest absolute Gasteiger partial charge is 0.489 e. The Balaban J connectivity index is 0.000000693. The zero-order valence-electron chi connectivity index (χ0n) is 51.8. The van der Waals surface area contributed by atoms with E-state index in [1.165, 1.54) is 4.90 Å². The number of para-hydroxylation sites is 1. The van der Waals surface area contributed by atoms with Gasteiger partial charge in [0.15, 0.2) is 0 Å². The van der Waals surface area contributed by atoms with E-state index in [2.05, 4.69) is 36.9 Å². The van der Waals surface area contributed by atoms with Crippen LogP contribution in [0.3, 0.4) is 0 Å². The van der Waals surface area contributed by atoms with Crippen LogP contribution in [0.4, 0.5) is 4.79 Å². The van der Waals surface area contributed by atoms with E-state index >= 15 is 9.59 Å². The average Bonchev–Trinajstić information content (AvgIpc) is 1.72. The predicted molar refractivity (Wildman–Crippen MR) is 344 cm³/mol. The Morgan fingerprint density at radius 1 is 0.558 bits per heavy atom. The zero-order chi connectivity index (χ0) is 69.0. The van der Waals surface area contributed by atoms with E-state index in [0.29, 0.717) is 54.0 Å². The predicted octanol–water partition coefficient (Wildman–Crippen LogP) is 1.11. The Kier molecular flexibility index (Phi) is 28.6. The molecule has 29 nitrogen and oxygen atoms in total. The first kappa shape index (κ1) is 73.3. The molecule has 2 aliphatic heterocycles. The van der Waals surface area contributed by atoms with Gasteiger partial charge in [0.2, 0.25) is 35.4 Å². The maximum absolute atomic E-state index is 15.3. The minimum absolute atomic E-state index is 0.0385. The Bertz CT molecular complexity index is 3530. The number of benzene rings is 5. The van der Waals surface area contributed by atoms with E-state index in [-0.39, 0.29) is 51.7 Å². The molecule has 0 unspecified atom stereocenters. The highest BCUT2D eigenvalue weighted by Gasteiger charge is 2.45. The van der Waals surface area contributed by atoms with Gasteiger partial charge in [-0.25, -0.2) is 4.79 Å². The van der Waals surface area contributed by atoms with Gasteiger partial charge in [-0.3, -0.25) is 47.9 Å². The SMILES string of the molecule is NCCCC[C@@H]1NC(=O)[C@@H](Cc2c[nH]c3ccccc23)NC(=O)[C@H](c2ccccc2)NC(=O)[C@@H]2C[C@@H](OC(=O)NCCN)CN2C(=O)[C@H](Cc2ccccc2)NC(=O)[C@H](Cc2ccc(OCc3ccccc3)cc2)NC1=O.N[C@@H](CC(=O)O)C(=O)O.N[C@@H](CC(=O)O)C(=O)O. The number of carbonyl (C=O) groups excluding carboxylic acids is 7. The molecule has 1 aromatic heterocycles. The molecule has 0 saturated carbocycles. The molecule has 7 amide bonds. The van der Waals surface area contributed by atoms with Crippen LogP contribution in [0.5, 0.6) is 5.75 Å². The van der Waals surface area contributed by atoms with E-state index in [1.807, 2.05) is 60.7 Å². The zero-order valence-corrected chi connectivity index (χ0v) is 51.8. The van der Waals surface area contributed by atoms with Gasteiger partial charge in [-0.05, 0) is 71.8 Å². The van der Waals surface area contributed by atoms with Crippen molar-refractivity contribution in [2.75, 3.05) is 26.2 Å². The van der Waals surface area contributed by atoms with Crippen LogP contribution in [0.2, 0.25) is 0 Å². The minimum Gasteiger partial charge on any atom is -0.489 e. The number of hydrogen-bond acceptors (Lipinski definition) is 17. The number of amides is 7. The average molecular weight is 1310 g/mol. The number of rotatable bonds is 23. The molecule has 0 radical (unpaired) electrons. The molecule has 2 fully saturated rings. The number of hydrogen-bond donors (Lipinski definition) is 15. The molecular formula is C66H80N12O17. The molecule has 95 heavy (non-hydrogen) atoms. The summed E-state index contributed by atoms with van der Waals surface area (Å²) in [4.78, 5) is 147. The van der Waals surface area contributed by atoms with E-state index in [9.17, 15) is 43.2 Å². The molecule has 29 heteroatoms. The van der Waals surface area contributed by atoms with E-state index in [0.717, 1.165) is 16.5 Å². The van der Waals surface area contributed by atoms with Crippen LogP contribution in [0.1, 0.15) is 72.4 Å². The summed E-state index contributed by atoms with van der Waals surface area (Å²) in [6.45, 7) is 0.617. The Labute approximate surface area is 546 Å². The second-order valence-corrected chi connectivity index (χ2v) is 22.3. The molecule has 2 aliphatic rings.